The molecular formula is C13H15N3O4. The van der Waals surface area contributed by atoms with Crippen molar-refractivity contribution in [2.24, 2.45) is 0 Å². The molecule has 0 aliphatic heterocycles. The molecule has 0 aromatic carbocycles. The van der Waals surface area contributed by atoms with Crippen LogP contribution in [0.2, 0.25) is 0 Å². The second kappa shape index (κ2) is 6.16. The van der Waals surface area contributed by atoms with Gasteiger partial charge < -0.3 is 19.5 Å². The fraction of sp³-hybridized carbons (Fsp3) is 0.308. The molecule has 0 aliphatic rings. The van der Waals surface area contributed by atoms with Crippen LogP contribution in [0.4, 0.5) is 0 Å². The van der Waals surface area contributed by atoms with Crippen molar-refractivity contribution in [3.63, 3.8) is 0 Å². The first kappa shape index (κ1) is 14.0. The van der Waals surface area contributed by atoms with Crippen LogP contribution in [0.15, 0.2) is 39.8 Å². The summed E-state index contributed by atoms with van der Waals surface area (Å²) in [6, 6.07) is 6.23. The normalized spacial score (nSPS) is 12.1. The second-order valence-corrected chi connectivity index (χ2v) is 4.38. The maximum atomic E-state index is 11.7. The number of aryl methyl sites for hydroxylation is 1. The predicted molar refractivity (Wildman–Crippen MR) is 70.3 cm³/mol. The minimum absolute atomic E-state index is 0.0199. The van der Waals surface area contributed by atoms with Gasteiger partial charge in [0.15, 0.2) is 5.69 Å². The summed E-state index contributed by atoms with van der Waals surface area (Å²) < 4.78 is 6.16. The zero-order valence-electron chi connectivity index (χ0n) is 10.9. The van der Waals surface area contributed by atoms with Crippen molar-refractivity contribution in [3.05, 3.63) is 52.3 Å². The van der Waals surface area contributed by atoms with Crippen molar-refractivity contribution in [2.75, 3.05) is 6.54 Å². The summed E-state index contributed by atoms with van der Waals surface area (Å²) in [6.07, 6.45) is 0.709. The summed E-state index contributed by atoms with van der Waals surface area (Å²) in [5.41, 5.74) is -0.0448. The number of rotatable bonds is 5. The molecule has 2 aromatic heterocycles. The molecule has 2 N–H and O–H groups in total. The van der Waals surface area contributed by atoms with Gasteiger partial charge in [-0.05, 0) is 13.0 Å². The van der Waals surface area contributed by atoms with Gasteiger partial charge in [-0.25, -0.2) is 0 Å². The lowest BCUT2D eigenvalue weighted by Gasteiger charge is -2.12. The van der Waals surface area contributed by atoms with E-state index in [-0.39, 0.29) is 24.3 Å². The Labute approximate surface area is 114 Å². The summed E-state index contributed by atoms with van der Waals surface area (Å²) in [4.78, 5) is 23.1. The van der Waals surface area contributed by atoms with E-state index in [9.17, 15) is 14.7 Å². The van der Waals surface area contributed by atoms with Gasteiger partial charge in [-0.1, -0.05) is 11.2 Å². The molecule has 0 saturated carbocycles. The van der Waals surface area contributed by atoms with Gasteiger partial charge >= 0.3 is 0 Å². The molecule has 20 heavy (non-hydrogen) atoms. The topological polar surface area (TPSA) is 97.4 Å². The average molecular weight is 277 g/mol. The zero-order valence-corrected chi connectivity index (χ0v) is 10.9. The van der Waals surface area contributed by atoms with Crippen LogP contribution in [0, 0.1) is 6.92 Å². The second-order valence-electron chi connectivity index (χ2n) is 4.38. The Morgan fingerprint density at radius 1 is 1.55 bits per heavy atom. The van der Waals surface area contributed by atoms with E-state index in [0.29, 0.717) is 5.76 Å². The van der Waals surface area contributed by atoms with Crippen molar-refractivity contribution < 1.29 is 14.4 Å². The lowest BCUT2D eigenvalue weighted by atomic mass is 10.3. The molecule has 0 radical (unpaired) electrons. The highest BCUT2D eigenvalue weighted by atomic mass is 16.5. The number of pyridine rings is 1. The smallest absolute Gasteiger partial charge is 0.273 e. The van der Waals surface area contributed by atoms with Gasteiger partial charge in [0.05, 0.1) is 12.6 Å². The monoisotopic (exact) mass is 277 g/mol. The summed E-state index contributed by atoms with van der Waals surface area (Å²) in [7, 11) is 0. The van der Waals surface area contributed by atoms with E-state index in [1.54, 1.807) is 25.3 Å². The van der Waals surface area contributed by atoms with E-state index < -0.39 is 12.0 Å². The van der Waals surface area contributed by atoms with Crippen LogP contribution in [0.3, 0.4) is 0 Å². The van der Waals surface area contributed by atoms with Gasteiger partial charge in [-0.2, -0.15) is 0 Å². The average Bonchev–Trinajstić information content (AvgIpc) is 2.85. The Kier molecular flexibility index (Phi) is 4.31. The van der Waals surface area contributed by atoms with E-state index >= 15 is 0 Å². The molecule has 2 rings (SSSR count). The fourth-order valence-corrected chi connectivity index (χ4v) is 1.68. The molecule has 0 aliphatic carbocycles. The number of aliphatic hydroxyl groups is 1. The summed E-state index contributed by atoms with van der Waals surface area (Å²) in [5, 5.41) is 15.9. The fourth-order valence-electron chi connectivity index (χ4n) is 1.68. The lowest BCUT2D eigenvalue weighted by Crippen LogP contribution is -2.36. The Balaban J connectivity index is 1.86. The first-order valence-electron chi connectivity index (χ1n) is 6.11. The van der Waals surface area contributed by atoms with Crippen molar-refractivity contribution in [1.29, 1.82) is 0 Å². The Bertz CT molecular complexity index is 647. The number of nitrogens with one attached hydrogen (secondary N) is 1. The van der Waals surface area contributed by atoms with Gasteiger partial charge in [0.25, 0.3) is 11.5 Å². The van der Waals surface area contributed by atoms with Crippen molar-refractivity contribution in [3.8, 4) is 0 Å². The van der Waals surface area contributed by atoms with Crippen molar-refractivity contribution >= 4 is 5.91 Å². The maximum absolute atomic E-state index is 11.7. The van der Waals surface area contributed by atoms with Crippen LogP contribution in [0.5, 0.6) is 0 Å². The quantitative estimate of drug-likeness (QED) is 0.797. The Hall–Kier alpha value is -2.41. The molecule has 2 aromatic rings. The lowest BCUT2D eigenvalue weighted by molar-refractivity contribution is 0.0894. The largest absolute Gasteiger partial charge is 0.389 e. The maximum Gasteiger partial charge on any atom is 0.273 e. The number of carbonyl (C=O) groups is 1. The molecule has 2 heterocycles. The van der Waals surface area contributed by atoms with E-state index in [1.807, 2.05) is 0 Å². The highest BCUT2D eigenvalue weighted by Gasteiger charge is 2.13. The Morgan fingerprint density at radius 2 is 2.35 bits per heavy atom. The van der Waals surface area contributed by atoms with E-state index in [1.165, 1.54) is 16.7 Å². The molecule has 0 unspecified atom stereocenters. The molecule has 1 amide bonds. The highest BCUT2D eigenvalue weighted by molar-refractivity contribution is 5.92. The number of amides is 1. The number of nitrogens with zero attached hydrogens (tertiary/aromatic N) is 2. The first-order chi connectivity index (χ1) is 9.56. The van der Waals surface area contributed by atoms with Crippen LogP contribution in [-0.4, -0.2) is 33.4 Å². The summed E-state index contributed by atoms with van der Waals surface area (Å²) in [5.74, 6) is 0.104. The van der Waals surface area contributed by atoms with E-state index in [4.69, 9.17) is 4.52 Å². The van der Waals surface area contributed by atoms with Gasteiger partial charge in [0, 0.05) is 24.9 Å². The number of carbonyl (C=O) groups excluding carboxylic acids is 1. The SMILES string of the molecule is Cc1cc(C(=O)NC[C@H](O)Cn2ccccc2=O)no1. The summed E-state index contributed by atoms with van der Waals surface area (Å²) in [6.45, 7) is 1.81. The van der Waals surface area contributed by atoms with Gasteiger partial charge in [-0.15, -0.1) is 0 Å². The van der Waals surface area contributed by atoms with Crippen LogP contribution in [0.25, 0.3) is 0 Å². The summed E-state index contributed by atoms with van der Waals surface area (Å²) >= 11 is 0. The van der Waals surface area contributed by atoms with Crippen LogP contribution >= 0.6 is 0 Å². The molecule has 0 saturated heterocycles. The number of aromatic nitrogens is 2. The number of hydrogen-bond acceptors (Lipinski definition) is 5. The van der Waals surface area contributed by atoms with Crippen LogP contribution < -0.4 is 10.9 Å². The van der Waals surface area contributed by atoms with Gasteiger partial charge in [-0.3, -0.25) is 9.59 Å². The molecular weight excluding hydrogens is 262 g/mol. The van der Waals surface area contributed by atoms with Gasteiger partial charge in [0.1, 0.15) is 5.76 Å². The number of hydrogen-bond donors (Lipinski definition) is 2. The van der Waals surface area contributed by atoms with Crippen LogP contribution in [0.1, 0.15) is 16.2 Å². The molecule has 106 valence electrons. The van der Waals surface area contributed by atoms with Crippen molar-refractivity contribution in [1.82, 2.24) is 15.0 Å². The highest BCUT2D eigenvalue weighted by Crippen LogP contribution is 2.01. The third-order valence-corrected chi connectivity index (χ3v) is 2.67. The predicted octanol–water partition coefficient (Wildman–Crippen LogP) is -0.0644. The molecule has 1 atom stereocenters. The minimum Gasteiger partial charge on any atom is -0.389 e. The third kappa shape index (κ3) is 3.55. The first-order valence-corrected chi connectivity index (χ1v) is 6.11. The third-order valence-electron chi connectivity index (χ3n) is 2.67. The van der Waals surface area contributed by atoms with Crippen molar-refractivity contribution in [2.45, 2.75) is 19.6 Å². The molecule has 0 bridgehead atoms. The number of aliphatic hydroxyl groups excluding tert-OH is 1. The molecule has 7 heteroatoms. The minimum atomic E-state index is -0.868. The van der Waals surface area contributed by atoms with Gasteiger partial charge in [0.2, 0.25) is 0 Å². The molecule has 0 fully saturated rings. The van der Waals surface area contributed by atoms with E-state index in [2.05, 4.69) is 10.5 Å². The van der Waals surface area contributed by atoms with Crippen LogP contribution in [-0.2, 0) is 6.54 Å². The zero-order chi connectivity index (χ0) is 14.5. The Morgan fingerprint density at radius 3 is 3.00 bits per heavy atom. The standard InChI is InChI=1S/C13H15N3O4/c1-9-6-11(15-20-9)13(19)14-7-10(17)8-16-5-3-2-4-12(16)18/h2-6,10,17H,7-8H2,1H3,(H,14,19)/t10-/m0/s1. The molecule has 7 nitrogen and oxygen atoms in total. The van der Waals surface area contributed by atoms with E-state index in [0.717, 1.165) is 0 Å². The molecule has 0 spiro atoms.